The molecule has 1 heterocycles. The summed E-state index contributed by atoms with van der Waals surface area (Å²) in [5, 5.41) is 13.8. The molecule has 126 valence electrons. The maximum absolute atomic E-state index is 12.8. The minimum atomic E-state index is 0.0188. The Morgan fingerprint density at radius 3 is 2.68 bits per heavy atom. The van der Waals surface area contributed by atoms with Crippen LogP contribution in [-0.4, -0.2) is 22.5 Å². The summed E-state index contributed by atoms with van der Waals surface area (Å²) in [6.07, 6.45) is 1.09. The smallest absolute Gasteiger partial charge is 0.229 e. The number of para-hydroxylation sites is 1. The number of carbonyl (C=O) groups is 1. The van der Waals surface area contributed by atoms with E-state index in [0.717, 1.165) is 17.4 Å². The Balaban J connectivity index is 1.75. The van der Waals surface area contributed by atoms with Crippen LogP contribution in [0.2, 0.25) is 0 Å². The molecule has 0 fully saturated rings. The van der Waals surface area contributed by atoms with Gasteiger partial charge in [0.25, 0.3) is 0 Å². The minimum Gasteiger partial charge on any atom is -0.356 e. The van der Waals surface area contributed by atoms with Gasteiger partial charge in [-0.05, 0) is 36.2 Å². The van der Waals surface area contributed by atoms with Gasteiger partial charge in [-0.15, -0.1) is 0 Å². The van der Waals surface area contributed by atoms with Gasteiger partial charge in [0.05, 0.1) is 18.1 Å². The molecule has 0 atom stereocenters. The van der Waals surface area contributed by atoms with Crippen molar-refractivity contribution >= 4 is 16.9 Å². The molecule has 2 aromatic carbocycles. The maximum Gasteiger partial charge on any atom is 0.229 e. The van der Waals surface area contributed by atoms with Crippen LogP contribution in [0.1, 0.15) is 30.2 Å². The highest BCUT2D eigenvalue weighted by atomic mass is 16.5. The van der Waals surface area contributed by atoms with Gasteiger partial charge < -0.3 is 9.42 Å². The lowest BCUT2D eigenvalue weighted by Gasteiger charge is -2.22. The van der Waals surface area contributed by atoms with Crippen LogP contribution in [0.15, 0.2) is 53.1 Å². The first-order chi connectivity index (χ1) is 12.2. The van der Waals surface area contributed by atoms with Crippen molar-refractivity contribution in [2.75, 3.05) is 6.54 Å². The molecule has 25 heavy (non-hydrogen) atoms. The molecule has 1 amide bonds. The maximum atomic E-state index is 12.8. The molecule has 1 aromatic heterocycles. The lowest BCUT2D eigenvalue weighted by Crippen LogP contribution is -2.32. The van der Waals surface area contributed by atoms with Crippen LogP contribution < -0.4 is 0 Å². The topological polar surface area (TPSA) is 70.1 Å². The Labute approximate surface area is 146 Å². The molecule has 0 bridgehead atoms. The number of hydrogen-bond donors (Lipinski definition) is 0. The molecule has 5 heteroatoms. The van der Waals surface area contributed by atoms with Gasteiger partial charge in [0.2, 0.25) is 5.91 Å². The standard InChI is InChI=1S/C20H19N3O2/c1-2-11-23(14-16-9-7-15(13-21)8-10-16)20(24)12-18-17-5-3-4-6-19(17)25-22-18/h3-10H,2,11-12,14H2,1H3. The van der Waals surface area contributed by atoms with Crippen molar-refractivity contribution in [2.24, 2.45) is 0 Å². The Morgan fingerprint density at radius 2 is 1.96 bits per heavy atom. The number of rotatable bonds is 6. The van der Waals surface area contributed by atoms with E-state index in [1.165, 1.54) is 0 Å². The number of amides is 1. The summed E-state index contributed by atoms with van der Waals surface area (Å²) < 4.78 is 5.28. The zero-order valence-electron chi connectivity index (χ0n) is 14.1. The van der Waals surface area contributed by atoms with Crippen molar-refractivity contribution in [1.29, 1.82) is 5.26 Å². The van der Waals surface area contributed by atoms with E-state index in [9.17, 15) is 4.79 Å². The van der Waals surface area contributed by atoms with Gasteiger partial charge in [0.15, 0.2) is 5.58 Å². The van der Waals surface area contributed by atoms with Gasteiger partial charge in [-0.2, -0.15) is 5.26 Å². The Morgan fingerprint density at radius 1 is 1.20 bits per heavy atom. The second-order valence-electron chi connectivity index (χ2n) is 5.93. The minimum absolute atomic E-state index is 0.0188. The fourth-order valence-electron chi connectivity index (χ4n) is 2.79. The molecule has 0 radical (unpaired) electrons. The van der Waals surface area contributed by atoms with Gasteiger partial charge in [0, 0.05) is 18.5 Å². The SMILES string of the molecule is CCCN(Cc1ccc(C#N)cc1)C(=O)Cc1noc2ccccc12. The monoisotopic (exact) mass is 333 g/mol. The van der Waals surface area contributed by atoms with Crippen LogP contribution in [0.25, 0.3) is 11.0 Å². The molecule has 0 aliphatic heterocycles. The van der Waals surface area contributed by atoms with Crippen molar-refractivity contribution in [3.8, 4) is 6.07 Å². The number of carbonyl (C=O) groups excluding carboxylic acids is 1. The number of nitrogens with zero attached hydrogens (tertiary/aromatic N) is 3. The Bertz CT molecular complexity index is 907. The van der Waals surface area contributed by atoms with Crippen LogP contribution in [0, 0.1) is 11.3 Å². The second kappa shape index (κ2) is 7.63. The van der Waals surface area contributed by atoms with Gasteiger partial charge in [-0.3, -0.25) is 4.79 Å². The van der Waals surface area contributed by atoms with E-state index in [1.807, 2.05) is 48.2 Å². The molecule has 5 nitrogen and oxygen atoms in total. The van der Waals surface area contributed by atoms with Crippen molar-refractivity contribution in [1.82, 2.24) is 10.1 Å². The van der Waals surface area contributed by atoms with E-state index < -0.39 is 0 Å². The largest absolute Gasteiger partial charge is 0.356 e. The summed E-state index contributed by atoms with van der Waals surface area (Å²) in [4.78, 5) is 14.6. The third kappa shape index (κ3) is 3.86. The average molecular weight is 333 g/mol. The number of aromatic nitrogens is 1. The van der Waals surface area contributed by atoms with Crippen LogP contribution in [0.4, 0.5) is 0 Å². The summed E-state index contributed by atoms with van der Waals surface area (Å²) in [6, 6.07) is 17.0. The summed E-state index contributed by atoms with van der Waals surface area (Å²) in [6.45, 7) is 3.24. The van der Waals surface area contributed by atoms with Crippen molar-refractivity contribution in [3.05, 3.63) is 65.4 Å². The number of fused-ring (bicyclic) bond motifs is 1. The molecular weight excluding hydrogens is 314 g/mol. The number of nitriles is 1. The van der Waals surface area contributed by atoms with Gasteiger partial charge in [-0.25, -0.2) is 0 Å². The third-order valence-electron chi connectivity index (χ3n) is 4.07. The first-order valence-electron chi connectivity index (χ1n) is 8.31. The first-order valence-corrected chi connectivity index (χ1v) is 8.31. The average Bonchev–Trinajstić information content (AvgIpc) is 3.05. The molecular formula is C20H19N3O2. The van der Waals surface area contributed by atoms with Gasteiger partial charge in [0.1, 0.15) is 5.69 Å². The van der Waals surface area contributed by atoms with E-state index in [1.54, 1.807) is 12.1 Å². The highest BCUT2D eigenvalue weighted by Gasteiger charge is 2.18. The zero-order valence-corrected chi connectivity index (χ0v) is 14.1. The number of benzene rings is 2. The Kier molecular flexibility index (Phi) is 5.10. The Hall–Kier alpha value is -3.13. The second-order valence-corrected chi connectivity index (χ2v) is 5.93. The molecule has 0 saturated heterocycles. The molecule has 0 aliphatic rings. The fourth-order valence-corrected chi connectivity index (χ4v) is 2.79. The first kappa shape index (κ1) is 16.7. The van der Waals surface area contributed by atoms with Crippen molar-refractivity contribution in [3.63, 3.8) is 0 Å². The molecule has 0 unspecified atom stereocenters. The third-order valence-corrected chi connectivity index (χ3v) is 4.07. The van der Waals surface area contributed by atoms with Crippen molar-refractivity contribution < 1.29 is 9.32 Å². The molecule has 3 rings (SSSR count). The zero-order chi connectivity index (χ0) is 17.6. The predicted octanol–water partition coefficient (Wildman–Crippen LogP) is 3.68. The molecule has 3 aromatic rings. The van der Waals surface area contributed by atoms with E-state index in [-0.39, 0.29) is 12.3 Å². The van der Waals surface area contributed by atoms with Gasteiger partial charge >= 0.3 is 0 Å². The van der Waals surface area contributed by atoms with Crippen LogP contribution in [0.5, 0.6) is 0 Å². The highest BCUT2D eigenvalue weighted by Crippen LogP contribution is 2.19. The molecule has 0 spiro atoms. The van der Waals surface area contributed by atoms with E-state index >= 15 is 0 Å². The number of hydrogen-bond acceptors (Lipinski definition) is 4. The van der Waals surface area contributed by atoms with E-state index in [4.69, 9.17) is 9.78 Å². The predicted molar refractivity (Wildman–Crippen MR) is 94.6 cm³/mol. The quantitative estimate of drug-likeness (QED) is 0.690. The molecule has 0 aliphatic carbocycles. The fraction of sp³-hybridized carbons (Fsp3) is 0.250. The summed E-state index contributed by atoms with van der Waals surface area (Å²) >= 11 is 0. The van der Waals surface area contributed by atoms with Gasteiger partial charge in [-0.1, -0.05) is 36.3 Å². The lowest BCUT2D eigenvalue weighted by molar-refractivity contribution is -0.131. The highest BCUT2D eigenvalue weighted by molar-refractivity contribution is 5.86. The summed E-state index contributed by atoms with van der Waals surface area (Å²) in [7, 11) is 0. The lowest BCUT2D eigenvalue weighted by atomic mass is 10.1. The van der Waals surface area contributed by atoms with Crippen LogP contribution >= 0.6 is 0 Å². The van der Waals surface area contributed by atoms with E-state index in [0.29, 0.717) is 29.9 Å². The normalized spacial score (nSPS) is 10.6. The van der Waals surface area contributed by atoms with Crippen LogP contribution in [-0.2, 0) is 17.8 Å². The van der Waals surface area contributed by atoms with E-state index in [2.05, 4.69) is 11.2 Å². The molecule has 0 saturated carbocycles. The van der Waals surface area contributed by atoms with Crippen molar-refractivity contribution in [2.45, 2.75) is 26.3 Å². The summed E-state index contributed by atoms with van der Waals surface area (Å²) in [5.41, 5.74) is 2.98. The summed E-state index contributed by atoms with van der Waals surface area (Å²) in [5.74, 6) is 0.0188. The van der Waals surface area contributed by atoms with Crippen LogP contribution in [0.3, 0.4) is 0 Å². The molecule has 0 N–H and O–H groups in total.